The van der Waals surface area contributed by atoms with Crippen molar-refractivity contribution in [3.63, 3.8) is 0 Å². The Hall–Kier alpha value is -2.28. The number of nitrogens with one attached hydrogen (secondary N) is 2. The molecule has 1 aromatic carbocycles. The highest BCUT2D eigenvalue weighted by Gasteiger charge is 1.99. The molecule has 7 heteroatoms. The Kier molecular flexibility index (Phi) is 6.50. The molecule has 116 valence electrons. The predicted molar refractivity (Wildman–Crippen MR) is 93.1 cm³/mol. The molecule has 2 rings (SSSR count). The molecule has 4 N–H and O–H groups in total. The topological polar surface area (TPSA) is 91.5 Å². The molecule has 0 atom stereocenters. The summed E-state index contributed by atoms with van der Waals surface area (Å²) in [6.45, 7) is 2.65. The highest BCUT2D eigenvalue weighted by molar-refractivity contribution is 7.98. The summed E-state index contributed by atoms with van der Waals surface area (Å²) in [4.78, 5) is 11.5. The van der Waals surface area contributed by atoms with E-state index in [0.29, 0.717) is 12.5 Å². The van der Waals surface area contributed by atoms with Crippen LogP contribution in [0.5, 0.6) is 0 Å². The van der Waals surface area contributed by atoms with Crippen LogP contribution >= 0.6 is 11.8 Å². The largest absolute Gasteiger partial charge is 0.369 e. The number of aliphatic imine (C=N–C) groups is 1. The van der Waals surface area contributed by atoms with Gasteiger partial charge in [0.05, 0.1) is 24.8 Å². The molecule has 2 aromatic rings. The second-order valence-electron chi connectivity index (χ2n) is 4.57. The molecule has 0 unspecified atom stereocenters. The fourth-order valence-corrected chi connectivity index (χ4v) is 2.55. The molecule has 0 radical (unpaired) electrons. The number of rotatable bonds is 7. The van der Waals surface area contributed by atoms with E-state index in [1.54, 1.807) is 24.3 Å². The van der Waals surface area contributed by atoms with E-state index in [2.05, 4.69) is 25.5 Å². The average molecular weight is 316 g/mol. The Balaban J connectivity index is 1.63. The molecule has 1 heterocycles. The van der Waals surface area contributed by atoms with E-state index >= 15 is 0 Å². The van der Waals surface area contributed by atoms with Crippen LogP contribution in [0.15, 0.2) is 46.8 Å². The smallest absolute Gasteiger partial charge is 0.209 e. The molecule has 22 heavy (non-hydrogen) atoms. The van der Waals surface area contributed by atoms with E-state index in [1.807, 2.05) is 37.3 Å². The minimum atomic E-state index is 0.325. The van der Waals surface area contributed by atoms with E-state index in [4.69, 9.17) is 5.73 Å². The summed E-state index contributed by atoms with van der Waals surface area (Å²) in [5.41, 5.74) is 11.7. The third-order valence-corrected chi connectivity index (χ3v) is 3.85. The maximum absolute atomic E-state index is 5.74. The number of H-pyrrole nitrogens is 1. The third-order valence-electron chi connectivity index (χ3n) is 2.89. The number of nitrogens with zero attached hydrogens (tertiary/aromatic N) is 3. The lowest BCUT2D eigenvalue weighted by molar-refractivity contribution is 0.983. The second-order valence-corrected chi connectivity index (χ2v) is 5.67. The van der Waals surface area contributed by atoms with Crippen LogP contribution in [0.4, 0.5) is 0 Å². The summed E-state index contributed by atoms with van der Waals surface area (Å²) in [5.74, 6) is 2.12. The quantitative estimate of drug-likeness (QED) is 0.315. The van der Waals surface area contributed by atoms with Gasteiger partial charge in [-0.2, -0.15) is 16.9 Å². The van der Waals surface area contributed by atoms with Crippen LogP contribution < -0.4 is 11.2 Å². The van der Waals surface area contributed by atoms with Crippen molar-refractivity contribution in [3.05, 3.63) is 53.6 Å². The SMILES string of the molecule is Cc1nc[nH]c1CSCCN=C(N)NN=Cc1ccccc1. The van der Waals surface area contributed by atoms with Gasteiger partial charge in [0.1, 0.15) is 0 Å². The molecule has 0 saturated carbocycles. The van der Waals surface area contributed by atoms with Gasteiger partial charge in [-0.3, -0.25) is 4.99 Å². The number of guanidine groups is 1. The van der Waals surface area contributed by atoms with Crippen LogP contribution in [0.1, 0.15) is 17.0 Å². The summed E-state index contributed by atoms with van der Waals surface area (Å²) in [6, 6.07) is 9.80. The van der Waals surface area contributed by atoms with Gasteiger partial charge in [0.25, 0.3) is 0 Å². The van der Waals surface area contributed by atoms with E-state index in [1.165, 1.54) is 0 Å². The van der Waals surface area contributed by atoms with Gasteiger partial charge >= 0.3 is 0 Å². The van der Waals surface area contributed by atoms with Gasteiger partial charge in [-0.05, 0) is 12.5 Å². The molecule has 0 aliphatic rings. The summed E-state index contributed by atoms with van der Waals surface area (Å²) < 4.78 is 0. The number of imidazole rings is 1. The van der Waals surface area contributed by atoms with Gasteiger partial charge in [0.2, 0.25) is 5.96 Å². The first kappa shape index (κ1) is 16.1. The highest BCUT2D eigenvalue weighted by Crippen LogP contribution is 2.11. The summed E-state index contributed by atoms with van der Waals surface area (Å²) in [5, 5.41) is 4.04. The molecule has 0 aliphatic heterocycles. The normalized spacial score (nSPS) is 12.0. The summed E-state index contributed by atoms with van der Waals surface area (Å²) in [6.07, 6.45) is 3.42. The Morgan fingerprint density at radius 3 is 2.95 bits per heavy atom. The Bertz CT molecular complexity index is 620. The number of hydrogen-bond donors (Lipinski definition) is 3. The molecule has 6 nitrogen and oxygen atoms in total. The lowest BCUT2D eigenvalue weighted by Crippen LogP contribution is -2.27. The van der Waals surface area contributed by atoms with E-state index in [-0.39, 0.29) is 0 Å². The molecular weight excluding hydrogens is 296 g/mol. The van der Waals surface area contributed by atoms with Gasteiger partial charge in [-0.1, -0.05) is 30.3 Å². The monoisotopic (exact) mass is 316 g/mol. The summed E-state index contributed by atoms with van der Waals surface area (Å²) >= 11 is 1.79. The van der Waals surface area contributed by atoms with Gasteiger partial charge in [-0.25, -0.2) is 10.4 Å². The first-order chi connectivity index (χ1) is 10.8. The number of hydrogen-bond acceptors (Lipinski definition) is 4. The predicted octanol–water partition coefficient (Wildman–Crippen LogP) is 1.89. The second kappa shape index (κ2) is 8.89. The molecule has 0 fully saturated rings. The molecule has 0 amide bonds. The number of nitrogens with two attached hydrogens (primary N) is 1. The number of aryl methyl sites for hydroxylation is 1. The first-order valence-electron chi connectivity index (χ1n) is 6.96. The third kappa shape index (κ3) is 5.61. The molecule has 0 bridgehead atoms. The zero-order valence-corrected chi connectivity index (χ0v) is 13.3. The fraction of sp³-hybridized carbons (Fsp3) is 0.267. The van der Waals surface area contributed by atoms with Crippen LogP contribution in [0.2, 0.25) is 0 Å². The van der Waals surface area contributed by atoms with Crippen LogP contribution in [-0.2, 0) is 5.75 Å². The average Bonchev–Trinajstić information content (AvgIpc) is 2.93. The molecule has 0 spiro atoms. The Morgan fingerprint density at radius 1 is 1.41 bits per heavy atom. The number of aromatic amines is 1. The van der Waals surface area contributed by atoms with Crippen molar-refractivity contribution >= 4 is 23.9 Å². The lowest BCUT2D eigenvalue weighted by Gasteiger charge is -2.01. The molecule has 0 saturated heterocycles. The van der Waals surface area contributed by atoms with E-state index in [0.717, 1.165) is 28.5 Å². The zero-order chi connectivity index (χ0) is 15.6. The van der Waals surface area contributed by atoms with Crippen molar-refractivity contribution in [1.82, 2.24) is 15.4 Å². The van der Waals surface area contributed by atoms with Gasteiger partial charge in [-0.15, -0.1) is 0 Å². The standard InChI is InChI=1S/C15H20N6S/c1-12-14(19-11-18-12)10-22-8-7-17-15(16)21-20-9-13-5-3-2-4-6-13/h2-6,9,11H,7-8,10H2,1H3,(H,18,19)(H3,16,17,21). The number of aromatic nitrogens is 2. The number of hydrazone groups is 1. The van der Waals surface area contributed by atoms with Gasteiger partial charge in [0.15, 0.2) is 0 Å². The van der Waals surface area contributed by atoms with Crippen LogP contribution in [0.3, 0.4) is 0 Å². The van der Waals surface area contributed by atoms with Gasteiger partial charge < -0.3 is 10.7 Å². The van der Waals surface area contributed by atoms with Crippen LogP contribution in [0.25, 0.3) is 0 Å². The summed E-state index contributed by atoms with van der Waals surface area (Å²) in [7, 11) is 0. The van der Waals surface area contributed by atoms with E-state index < -0.39 is 0 Å². The number of benzene rings is 1. The molecule has 0 aliphatic carbocycles. The Labute approximate surface area is 134 Å². The van der Waals surface area contributed by atoms with Crippen LogP contribution in [0, 0.1) is 6.92 Å². The molecule has 1 aromatic heterocycles. The van der Waals surface area contributed by atoms with Crippen molar-refractivity contribution in [2.24, 2.45) is 15.8 Å². The fourth-order valence-electron chi connectivity index (χ4n) is 1.69. The van der Waals surface area contributed by atoms with E-state index in [9.17, 15) is 0 Å². The maximum atomic E-state index is 5.74. The Morgan fingerprint density at radius 2 is 2.23 bits per heavy atom. The van der Waals surface area contributed by atoms with Crippen molar-refractivity contribution in [2.45, 2.75) is 12.7 Å². The van der Waals surface area contributed by atoms with Crippen molar-refractivity contribution in [3.8, 4) is 0 Å². The minimum Gasteiger partial charge on any atom is -0.369 e. The lowest BCUT2D eigenvalue weighted by atomic mass is 10.2. The maximum Gasteiger partial charge on any atom is 0.209 e. The highest BCUT2D eigenvalue weighted by atomic mass is 32.2. The zero-order valence-electron chi connectivity index (χ0n) is 12.5. The van der Waals surface area contributed by atoms with Crippen molar-refractivity contribution in [1.29, 1.82) is 0 Å². The van der Waals surface area contributed by atoms with Crippen LogP contribution in [-0.4, -0.2) is 34.4 Å². The van der Waals surface area contributed by atoms with Crippen molar-refractivity contribution < 1.29 is 0 Å². The minimum absolute atomic E-state index is 0.325. The van der Waals surface area contributed by atoms with Gasteiger partial charge in [0, 0.05) is 17.2 Å². The first-order valence-corrected chi connectivity index (χ1v) is 8.12. The van der Waals surface area contributed by atoms with Crippen molar-refractivity contribution in [2.75, 3.05) is 12.3 Å². The number of thioether (sulfide) groups is 1. The molecular formula is C15H20N6S.